The molecule has 2 fully saturated rings. The highest BCUT2D eigenvalue weighted by Crippen LogP contribution is 2.48. The Balaban J connectivity index is 1.95. The van der Waals surface area contributed by atoms with E-state index in [1.165, 1.54) is 0 Å². The van der Waals surface area contributed by atoms with Gasteiger partial charge in [0.2, 0.25) is 0 Å². The number of hydrogen-bond acceptors (Lipinski definition) is 3. The Hall–Kier alpha value is -0.373. The first-order chi connectivity index (χ1) is 10.2. The summed E-state index contributed by atoms with van der Waals surface area (Å²) in [4.78, 5) is 0. The molecule has 0 radical (unpaired) electrons. The lowest BCUT2D eigenvalue weighted by atomic mass is 9.64. The van der Waals surface area contributed by atoms with E-state index in [2.05, 4.69) is 39.9 Å². The van der Waals surface area contributed by atoms with Crippen molar-refractivity contribution < 1.29 is 9.16 Å². The zero-order chi connectivity index (χ0) is 16.4. The fourth-order valence-electron chi connectivity index (χ4n) is 3.68. The summed E-state index contributed by atoms with van der Waals surface area (Å²) in [5.41, 5.74) is -0.114. The van der Waals surface area contributed by atoms with Crippen LogP contribution < -0.4 is 0 Å². The first-order valence-corrected chi connectivity index (χ1v) is 11.8. The Labute approximate surface area is 137 Å². The average molecular weight is 324 g/mol. The molecule has 0 aromatic carbocycles. The van der Waals surface area contributed by atoms with Gasteiger partial charge in [-0.25, -0.2) is 0 Å². The molecule has 0 aromatic rings. The lowest BCUT2D eigenvalue weighted by Gasteiger charge is -2.45. The second-order valence-electron chi connectivity index (χ2n) is 8.73. The van der Waals surface area contributed by atoms with Crippen LogP contribution in [0.15, 0.2) is 0 Å². The van der Waals surface area contributed by atoms with E-state index in [1.54, 1.807) is 0 Å². The molecule has 1 aliphatic carbocycles. The van der Waals surface area contributed by atoms with Crippen molar-refractivity contribution in [1.29, 1.82) is 5.26 Å². The van der Waals surface area contributed by atoms with Gasteiger partial charge in [-0.05, 0) is 62.6 Å². The summed E-state index contributed by atoms with van der Waals surface area (Å²) in [6.45, 7) is 13.2. The van der Waals surface area contributed by atoms with Crippen LogP contribution in [0.1, 0.15) is 59.3 Å². The van der Waals surface area contributed by atoms with E-state index in [0.29, 0.717) is 12.0 Å². The van der Waals surface area contributed by atoms with Crippen molar-refractivity contribution in [2.24, 2.45) is 11.3 Å². The van der Waals surface area contributed by atoms with Crippen LogP contribution in [0.3, 0.4) is 0 Å². The smallest absolute Gasteiger partial charge is 0.192 e. The molecule has 1 saturated heterocycles. The van der Waals surface area contributed by atoms with Crippen LogP contribution in [0, 0.1) is 22.7 Å². The monoisotopic (exact) mass is 323 g/mol. The molecule has 0 bridgehead atoms. The van der Waals surface area contributed by atoms with Crippen molar-refractivity contribution in [3.05, 3.63) is 0 Å². The molecule has 2 aliphatic rings. The molecule has 3 nitrogen and oxygen atoms in total. The van der Waals surface area contributed by atoms with E-state index in [9.17, 15) is 5.26 Å². The SMILES string of the molecule is CC(C)(C)[Si](C)(C)OC1CCC(C#N)(C2CCOCC2)CC1. The quantitative estimate of drug-likeness (QED) is 0.695. The Morgan fingerprint density at radius 2 is 1.64 bits per heavy atom. The van der Waals surface area contributed by atoms with Crippen molar-refractivity contribution in [2.45, 2.75) is 83.5 Å². The largest absolute Gasteiger partial charge is 0.414 e. The summed E-state index contributed by atoms with van der Waals surface area (Å²) in [7, 11) is -1.69. The van der Waals surface area contributed by atoms with Gasteiger partial charge in [0.25, 0.3) is 0 Å². The minimum atomic E-state index is -1.69. The van der Waals surface area contributed by atoms with Gasteiger partial charge in [-0.2, -0.15) is 5.26 Å². The number of hydrogen-bond donors (Lipinski definition) is 0. The van der Waals surface area contributed by atoms with Crippen LogP contribution in [0.2, 0.25) is 18.1 Å². The number of nitrogens with zero attached hydrogens (tertiary/aromatic N) is 1. The minimum absolute atomic E-state index is 0.114. The minimum Gasteiger partial charge on any atom is -0.414 e. The fourth-order valence-corrected chi connectivity index (χ4v) is 5.10. The Morgan fingerprint density at radius 1 is 1.09 bits per heavy atom. The predicted octanol–water partition coefficient (Wildman–Crippen LogP) is 4.89. The lowest BCUT2D eigenvalue weighted by molar-refractivity contribution is -0.000775. The maximum atomic E-state index is 9.82. The van der Waals surface area contributed by atoms with Crippen LogP contribution >= 0.6 is 0 Å². The highest BCUT2D eigenvalue weighted by atomic mass is 28.4. The molecule has 126 valence electrons. The third-order valence-electron chi connectivity index (χ3n) is 6.32. The summed E-state index contributed by atoms with van der Waals surface area (Å²) in [5.74, 6) is 0.528. The van der Waals surface area contributed by atoms with Crippen molar-refractivity contribution in [3.63, 3.8) is 0 Å². The molecular formula is C18H33NO2Si. The Kier molecular flexibility index (Phi) is 5.41. The van der Waals surface area contributed by atoms with E-state index in [0.717, 1.165) is 51.7 Å². The summed E-state index contributed by atoms with van der Waals surface area (Å²) >= 11 is 0. The number of ether oxygens (including phenoxy) is 1. The molecule has 0 spiro atoms. The molecule has 1 aliphatic heterocycles. The Bertz CT molecular complexity index is 408. The van der Waals surface area contributed by atoms with Gasteiger partial charge < -0.3 is 9.16 Å². The Morgan fingerprint density at radius 3 is 2.09 bits per heavy atom. The highest BCUT2D eigenvalue weighted by molar-refractivity contribution is 6.74. The maximum Gasteiger partial charge on any atom is 0.192 e. The summed E-state index contributed by atoms with van der Waals surface area (Å²) in [5, 5.41) is 10.1. The highest BCUT2D eigenvalue weighted by Gasteiger charge is 2.45. The van der Waals surface area contributed by atoms with E-state index >= 15 is 0 Å². The molecule has 0 unspecified atom stereocenters. The molecule has 0 atom stereocenters. The lowest BCUT2D eigenvalue weighted by Crippen LogP contribution is -2.46. The first kappa shape index (κ1) is 18.0. The van der Waals surface area contributed by atoms with Crippen LogP contribution in [0.4, 0.5) is 0 Å². The maximum absolute atomic E-state index is 9.82. The molecule has 0 aromatic heterocycles. The summed E-state index contributed by atoms with van der Waals surface area (Å²) in [6.07, 6.45) is 6.60. The normalized spacial score (nSPS) is 31.7. The standard InChI is InChI=1S/C18H33NO2Si/c1-17(2,3)22(4,5)21-16-6-10-18(14-19,11-7-16)15-8-12-20-13-9-15/h15-16H,6-13H2,1-5H3. The van der Waals surface area contributed by atoms with Gasteiger partial charge >= 0.3 is 0 Å². The van der Waals surface area contributed by atoms with Gasteiger partial charge in [0, 0.05) is 19.3 Å². The van der Waals surface area contributed by atoms with Gasteiger partial charge in [-0.15, -0.1) is 0 Å². The van der Waals surface area contributed by atoms with Crippen molar-refractivity contribution in [3.8, 4) is 6.07 Å². The van der Waals surface area contributed by atoms with Gasteiger partial charge in [-0.3, -0.25) is 0 Å². The van der Waals surface area contributed by atoms with Crippen molar-refractivity contribution >= 4 is 8.32 Å². The fraction of sp³-hybridized carbons (Fsp3) is 0.944. The third-order valence-corrected chi connectivity index (χ3v) is 10.9. The molecule has 4 heteroatoms. The third kappa shape index (κ3) is 3.75. The summed E-state index contributed by atoms with van der Waals surface area (Å²) in [6, 6.07) is 2.70. The van der Waals surface area contributed by atoms with E-state index in [-0.39, 0.29) is 10.5 Å². The van der Waals surface area contributed by atoms with Crippen molar-refractivity contribution in [2.75, 3.05) is 13.2 Å². The van der Waals surface area contributed by atoms with Gasteiger partial charge in [-0.1, -0.05) is 20.8 Å². The van der Waals surface area contributed by atoms with E-state index in [4.69, 9.17) is 9.16 Å². The van der Waals surface area contributed by atoms with E-state index < -0.39 is 8.32 Å². The molecule has 22 heavy (non-hydrogen) atoms. The van der Waals surface area contributed by atoms with Crippen LogP contribution in [0.5, 0.6) is 0 Å². The molecular weight excluding hydrogens is 290 g/mol. The second kappa shape index (κ2) is 6.63. The zero-order valence-corrected chi connectivity index (χ0v) is 16.1. The van der Waals surface area contributed by atoms with Crippen molar-refractivity contribution in [1.82, 2.24) is 0 Å². The predicted molar refractivity (Wildman–Crippen MR) is 92.1 cm³/mol. The molecule has 1 saturated carbocycles. The molecule has 0 N–H and O–H groups in total. The van der Waals surface area contributed by atoms with Gasteiger partial charge in [0.1, 0.15) is 0 Å². The molecule has 2 rings (SSSR count). The molecule has 1 heterocycles. The van der Waals surface area contributed by atoms with Crippen LogP contribution in [-0.4, -0.2) is 27.6 Å². The first-order valence-electron chi connectivity index (χ1n) is 8.87. The number of nitriles is 1. The van der Waals surface area contributed by atoms with Crippen LogP contribution in [0.25, 0.3) is 0 Å². The molecule has 0 amide bonds. The van der Waals surface area contributed by atoms with Crippen LogP contribution in [-0.2, 0) is 9.16 Å². The number of rotatable bonds is 3. The topological polar surface area (TPSA) is 42.2 Å². The van der Waals surface area contributed by atoms with E-state index in [1.807, 2.05) is 0 Å². The second-order valence-corrected chi connectivity index (χ2v) is 13.5. The zero-order valence-electron chi connectivity index (χ0n) is 15.1. The summed E-state index contributed by atoms with van der Waals surface area (Å²) < 4.78 is 12.0. The van der Waals surface area contributed by atoms with Gasteiger partial charge in [0.05, 0.1) is 11.5 Å². The van der Waals surface area contributed by atoms with Gasteiger partial charge in [0.15, 0.2) is 8.32 Å². The average Bonchev–Trinajstić information content (AvgIpc) is 2.48.